The molecule has 0 radical (unpaired) electrons. The SMILES string of the molecule is CC1(C)CN(C(=O)c2ccc(C#CCCO)cc2)CCS1. The van der Waals surface area contributed by atoms with E-state index in [1.54, 1.807) is 0 Å². The Morgan fingerprint density at radius 1 is 1.38 bits per heavy atom. The van der Waals surface area contributed by atoms with E-state index in [0.717, 1.165) is 24.4 Å². The van der Waals surface area contributed by atoms with Crippen LogP contribution in [-0.2, 0) is 0 Å². The Hall–Kier alpha value is -1.44. The molecule has 0 saturated carbocycles. The van der Waals surface area contributed by atoms with E-state index in [1.807, 2.05) is 40.9 Å². The Balaban J connectivity index is 2.05. The topological polar surface area (TPSA) is 40.5 Å². The van der Waals surface area contributed by atoms with Crippen molar-refractivity contribution in [1.82, 2.24) is 4.90 Å². The van der Waals surface area contributed by atoms with Crippen molar-refractivity contribution in [1.29, 1.82) is 0 Å². The fourth-order valence-corrected chi connectivity index (χ4v) is 3.40. The molecular weight excluding hydrogens is 282 g/mol. The van der Waals surface area contributed by atoms with E-state index in [2.05, 4.69) is 25.7 Å². The van der Waals surface area contributed by atoms with Crippen LogP contribution in [0, 0.1) is 11.8 Å². The minimum atomic E-state index is 0.0757. The number of hydrogen-bond acceptors (Lipinski definition) is 3. The molecule has 1 amide bonds. The van der Waals surface area contributed by atoms with Gasteiger partial charge in [-0.05, 0) is 38.1 Å². The minimum absolute atomic E-state index is 0.0757. The Morgan fingerprint density at radius 3 is 2.71 bits per heavy atom. The summed E-state index contributed by atoms with van der Waals surface area (Å²) in [6, 6.07) is 7.39. The lowest BCUT2D eigenvalue weighted by atomic mass is 10.1. The lowest BCUT2D eigenvalue weighted by molar-refractivity contribution is 0.0748. The second-order valence-electron chi connectivity index (χ2n) is 5.69. The summed E-state index contributed by atoms with van der Waals surface area (Å²) in [4.78, 5) is 14.4. The number of nitrogens with zero attached hydrogens (tertiary/aromatic N) is 1. The zero-order valence-corrected chi connectivity index (χ0v) is 13.4. The Morgan fingerprint density at radius 2 is 2.10 bits per heavy atom. The van der Waals surface area contributed by atoms with Gasteiger partial charge in [-0.3, -0.25) is 4.79 Å². The van der Waals surface area contributed by atoms with Crippen LogP contribution in [0.3, 0.4) is 0 Å². The fraction of sp³-hybridized carbons (Fsp3) is 0.471. The third kappa shape index (κ3) is 4.52. The average Bonchev–Trinajstić information content (AvgIpc) is 2.46. The number of aliphatic hydroxyl groups is 1. The normalized spacial score (nSPS) is 17.0. The van der Waals surface area contributed by atoms with E-state index in [9.17, 15) is 4.79 Å². The summed E-state index contributed by atoms with van der Waals surface area (Å²) >= 11 is 1.92. The highest BCUT2D eigenvalue weighted by molar-refractivity contribution is 8.00. The fourth-order valence-electron chi connectivity index (χ4n) is 2.29. The first kappa shape index (κ1) is 15.9. The quantitative estimate of drug-likeness (QED) is 0.853. The van der Waals surface area contributed by atoms with E-state index in [0.29, 0.717) is 12.0 Å². The van der Waals surface area contributed by atoms with Crippen molar-refractivity contribution >= 4 is 17.7 Å². The van der Waals surface area contributed by atoms with Crippen LogP contribution in [0.4, 0.5) is 0 Å². The van der Waals surface area contributed by atoms with Crippen LogP contribution in [0.5, 0.6) is 0 Å². The van der Waals surface area contributed by atoms with Crippen LogP contribution in [0.15, 0.2) is 24.3 Å². The maximum Gasteiger partial charge on any atom is 0.253 e. The molecule has 1 N–H and O–H groups in total. The lowest BCUT2D eigenvalue weighted by Gasteiger charge is -2.37. The summed E-state index contributed by atoms with van der Waals surface area (Å²) in [5.74, 6) is 6.93. The van der Waals surface area contributed by atoms with Crippen molar-refractivity contribution in [3.63, 3.8) is 0 Å². The number of aliphatic hydroxyl groups excluding tert-OH is 1. The van der Waals surface area contributed by atoms with E-state index in [4.69, 9.17) is 5.11 Å². The van der Waals surface area contributed by atoms with Crippen LogP contribution in [0.1, 0.15) is 36.2 Å². The molecule has 0 atom stereocenters. The van der Waals surface area contributed by atoms with Crippen molar-refractivity contribution in [2.75, 3.05) is 25.4 Å². The number of carbonyl (C=O) groups is 1. The van der Waals surface area contributed by atoms with Gasteiger partial charge in [-0.1, -0.05) is 11.8 Å². The molecule has 112 valence electrons. The number of amides is 1. The molecule has 0 aliphatic carbocycles. The van der Waals surface area contributed by atoms with Crippen molar-refractivity contribution in [2.45, 2.75) is 25.0 Å². The van der Waals surface area contributed by atoms with Crippen molar-refractivity contribution < 1.29 is 9.90 Å². The van der Waals surface area contributed by atoms with Gasteiger partial charge in [0.1, 0.15) is 0 Å². The summed E-state index contributed by atoms with van der Waals surface area (Å²) in [6.45, 7) is 6.03. The molecule has 1 aliphatic heterocycles. The molecule has 1 saturated heterocycles. The van der Waals surface area contributed by atoms with E-state index in [-0.39, 0.29) is 17.3 Å². The molecule has 1 fully saturated rings. The predicted octanol–water partition coefficient (Wildman–Crippen LogP) is 2.39. The summed E-state index contributed by atoms with van der Waals surface area (Å²) < 4.78 is 0.129. The van der Waals surface area contributed by atoms with Crippen LogP contribution >= 0.6 is 11.8 Å². The predicted molar refractivity (Wildman–Crippen MR) is 87.5 cm³/mol. The molecule has 2 rings (SSSR count). The smallest absolute Gasteiger partial charge is 0.253 e. The van der Waals surface area contributed by atoms with E-state index in [1.165, 1.54) is 0 Å². The van der Waals surface area contributed by atoms with Gasteiger partial charge in [-0.2, -0.15) is 11.8 Å². The monoisotopic (exact) mass is 303 g/mol. The van der Waals surface area contributed by atoms with Crippen LogP contribution in [-0.4, -0.2) is 46.1 Å². The minimum Gasteiger partial charge on any atom is -0.395 e. The van der Waals surface area contributed by atoms with Gasteiger partial charge in [0.05, 0.1) is 6.61 Å². The molecular formula is C17H21NO2S. The molecule has 0 spiro atoms. The molecule has 1 aromatic rings. The molecule has 0 bridgehead atoms. The first-order valence-corrected chi connectivity index (χ1v) is 8.13. The van der Waals surface area contributed by atoms with Gasteiger partial charge in [0, 0.05) is 41.1 Å². The van der Waals surface area contributed by atoms with Crippen LogP contribution in [0.2, 0.25) is 0 Å². The van der Waals surface area contributed by atoms with Gasteiger partial charge in [-0.15, -0.1) is 0 Å². The van der Waals surface area contributed by atoms with Crippen molar-refractivity contribution in [3.8, 4) is 11.8 Å². The van der Waals surface area contributed by atoms with Gasteiger partial charge in [0.15, 0.2) is 0 Å². The molecule has 4 heteroatoms. The summed E-state index contributed by atoms with van der Waals surface area (Å²) in [5.41, 5.74) is 1.58. The molecule has 21 heavy (non-hydrogen) atoms. The van der Waals surface area contributed by atoms with Gasteiger partial charge >= 0.3 is 0 Å². The van der Waals surface area contributed by atoms with E-state index >= 15 is 0 Å². The summed E-state index contributed by atoms with van der Waals surface area (Å²) in [6.07, 6.45) is 0.473. The highest BCUT2D eigenvalue weighted by Crippen LogP contribution is 2.30. The number of hydrogen-bond donors (Lipinski definition) is 1. The molecule has 0 aromatic heterocycles. The van der Waals surface area contributed by atoms with E-state index < -0.39 is 0 Å². The van der Waals surface area contributed by atoms with Crippen LogP contribution in [0.25, 0.3) is 0 Å². The summed E-state index contributed by atoms with van der Waals surface area (Å²) in [5, 5.41) is 8.69. The van der Waals surface area contributed by atoms with Crippen molar-refractivity contribution in [2.24, 2.45) is 0 Å². The van der Waals surface area contributed by atoms with Gasteiger partial charge < -0.3 is 10.0 Å². The number of thioether (sulfide) groups is 1. The molecule has 1 aliphatic rings. The van der Waals surface area contributed by atoms with Crippen LogP contribution < -0.4 is 0 Å². The second kappa shape index (κ2) is 7.02. The van der Waals surface area contributed by atoms with Gasteiger partial charge in [0.25, 0.3) is 5.91 Å². The number of rotatable bonds is 2. The maximum absolute atomic E-state index is 12.5. The highest BCUT2D eigenvalue weighted by Gasteiger charge is 2.30. The molecule has 1 heterocycles. The molecule has 3 nitrogen and oxygen atoms in total. The number of benzene rings is 1. The van der Waals surface area contributed by atoms with Crippen molar-refractivity contribution in [3.05, 3.63) is 35.4 Å². The Bertz CT molecular complexity index is 554. The highest BCUT2D eigenvalue weighted by atomic mass is 32.2. The molecule has 1 aromatic carbocycles. The summed E-state index contributed by atoms with van der Waals surface area (Å²) in [7, 11) is 0. The standard InChI is InChI=1S/C17H21NO2S/c1-17(2)13-18(10-12-21-17)16(20)15-8-6-14(7-9-15)5-3-4-11-19/h6-9,19H,4,10-13H2,1-2H3. The first-order valence-electron chi connectivity index (χ1n) is 7.15. The Kier molecular flexibility index (Phi) is 5.33. The van der Waals surface area contributed by atoms with Gasteiger partial charge in [-0.25, -0.2) is 0 Å². The third-order valence-electron chi connectivity index (χ3n) is 3.31. The first-order chi connectivity index (χ1) is 10.0. The lowest BCUT2D eigenvalue weighted by Crippen LogP contribution is -2.46. The third-order valence-corrected chi connectivity index (χ3v) is 4.61. The van der Waals surface area contributed by atoms with Gasteiger partial charge in [0.2, 0.25) is 0 Å². The zero-order valence-electron chi connectivity index (χ0n) is 12.6. The molecule has 0 unspecified atom stereocenters. The second-order valence-corrected chi connectivity index (χ2v) is 7.49. The average molecular weight is 303 g/mol. The maximum atomic E-state index is 12.5. The zero-order chi connectivity index (χ0) is 15.3. The largest absolute Gasteiger partial charge is 0.395 e. The Labute approximate surface area is 130 Å². The number of carbonyl (C=O) groups excluding carboxylic acids is 1.